The van der Waals surface area contributed by atoms with Crippen molar-refractivity contribution in [3.63, 3.8) is 0 Å². The maximum atomic E-state index is 9.29. The molecule has 0 bridgehead atoms. The third kappa shape index (κ3) is 2.93. The Hall–Kier alpha value is -0.870. The van der Waals surface area contributed by atoms with Crippen LogP contribution in [-0.4, -0.2) is 26.8 Å². The van der Waals surface area contributed by atoms with Gasteiger partial charge in [0.1, 0.15) is 0 Å². The molecule has 1 aromatic heterocycles. The van der Waals surface area contributed by atoms with Crippen molar-refractivity contribution in [1.82, 2.24) is 9.55 Å². The molecule has 0 radical (unpaired) electrons. The molecular weight excluding hydrogens is 226 g/mol. The number of aliphatic hydroxyl groups is 1. The molecule has 1 aromatic rings. The summed E-state index contributed by atoms with van der Waals surface area (Å²) >= 11 is 0. The fourth-order valence-corrected chi connectivity index (χ4v) is 2.69. The van der Waals surface area contributed by atoms with Gasteiger partial charge in [0, 0.05) is 17.8 Å². The van der Waals surface area contributed by atoms with E-state index < -0.39 is 5.54 Å². The molecule has 0 fully saturated rings. The number of aryl methyl sites for hydroxylation is 2. The van der Waals surface area contributed by atoms with E-state index in [1.54, 1.807) is 0 Å². The molecule has 0 amide bonds. The van der Waals surface area contributed by atoms with Gasteiger partial charge in [-0.3, -0.25) is 0 Å². The largest absolute Gasteiger partial charge is 0.394 e. The van der Waals surface area contributed by atoms with Gasteiger partial charge in [-0.25, -0.2) is 4.98 Å². The Balaban J connectivity index is 1.89. The monoisotopic (exact) mass is 251 g/mol. The molecule has 3 N–H and O–H groups in total. The average Bonchev–Trinajstić information content (AvgIpc) is 2.82. The van der Waals surface area contributed by atoms with Gasteiger partial charge in [-0.05, 0) is 44.9 Å². The third-order valence-electron chi connectivity index (χ3n) is 4.20. The summed E-state index contributed by atoms with van der Waals surface area (Å²) in [4.78, 5) is 4.49. The molecule has 2 rings (SSSR count). The number of imidazole rings is 1. The van der Waals surface area contributed by atoms with Gasteiger partial charge in [0.25, 0.3) is 0 Å². The van der Waals surface area contributed by atoms with E-state index in [0.717, 1.165) is 38.6 Å². The summed E-state index contributed by atoms with van der Waals surface area (Å²) in [6, 6.07) is 0. The fraction of sp³-hybridized carbons (Fsp3) is 0.786. The topological polar surface area (TPSA) is 64.1 Å². The van der Waals surface area contributed by atoms with Crippen molar-refractivity contribution in [2.24, 2.45) is 5.73 Å². The Bertz CT molecular complexity index is 382. The number of rotatable bonds is 6. The molecule has 0 aromatic carbocycles. The smallest absolute Gasteiger partial charge is 0.0951 e. The van der Waals surface area contributed by atoms with Crippen molar-refractivity contribution in [1.29, 1.82) is 0 Å². The minimum Gasteiger partial charge on any atom is -0.394 e. The molecule has 1 aliphatic rings. The van der Waals surface area contributed by atoms with E-state index in [9.17, 15) is 5.11 Å². The zero-order valence-corrected chi connectivity index (χ0v) is 11.4. The number of aliphatic hydroxyl groups excluding tert-OH is 1. The van der Waals surface area contributed by atoms with Crippen LogP contribution in [0.15, 0.2) is 6.33 Å². The first-order chi connectivity index (χ1) is 8.68. The minimum absolute atomic E-state index is 0.0749. The molecule has 0 aliphatic heterocycles. The lowest BCUT2D eigenvalue weighted by Crippen LogP contribution is -2.43. The molecule has 1 heterocycles. The van der Waals surface area contributed by atoms with Crippen molar-refractivity contribution >= 4 is 0 Å². The lowest BCUT2D eigenvalue weighted by molar-refractivity contribution is 0.178. The molecule has 0 saturated heterocycles. The van der Waals surface area contributed by atoms with Crippen LogP contribution in [0.25, 0.3) is 0 Å². The Labute approximate surface area is 109 Å². The summed E-state index contributed by atoms with van der Waals surface area (Å²) in [5.74, 6) is 0. The van der Waals surface area contributed by atoms with Crippen molar-refractivity contribution in [2.75, 3.05) is 6.61 Å². The van der Waals surface area contributed by atoms with Crippen LogP contribution in [0.1, 0.15) is 50.4 Å². The van der Waals surface area contributed by atoms with E-state index in [-0.39, 0.29) is 6.61 Å². The molecule has 0 saturated carbocycles. The van der Waals surface area contributed by atoms with Crippen LogP contribution < -0.4 is 5.73 Å². The van der Waals surface area contributed by atoms with Gasteiger partial charge in [0.15, 0.2) is 0 Å². The van der Waals surface area contributed by atoms with Gasteiger partial charge in [0.2, 0.25) is 0 Å². The van der Waals surface area contributed by atoms with Crippen LogP contribution in [0.3, 0.4) is 0 Å². The fourth-order valence-electron chi connectivity index (χ4n) is 2.69. The normalized spacial score (nSPS) is 18.4. The van der Waals surface area contributed by atoms with Crippen LogP contribution in [-0.2, 0) is 19.4 Å². The molecule has 1 aliphatic carbocycles. The lowest BCUT2D eigenvalue weighted by Gasteiger charge is -2.25. The highest BCUT2D eigenvalue weighted by molar-refractivity contribution is 5.16. The summed E-state index contributed by atoms with van der Waals surface area (Å²) in [5, 5.41) is 9.29. The predicted molar refractivity (Wildman–Crippen MR) is 72.4 cm³/mol. The first-order valence-electron chi connectivity index (χ1n) is 7.11. The summed E-state index contributed by atoms with van der Waals surface area (Å²) in [6.07, 6.45) is 9.53. The number of nitrogens with two attached hydrogens (primary N) is 1. The summed E-state index contributed by atoms with van der Waals surface area (Å²) in [6.45, 7) is 3.09. The maximum Gasteiger partial charge on any atom is 0.0951 e. The van der Waals surface area contributed by atoms with E-state index in [0.29, 0.717) is 0 Å². The van der Waals surface area contributed by atoms with E-state index >= 15 is 0 Å². The van der Waals surface area contributed by atoms with Crippen molar-refractivity contribution in [3.8, 4) is 0 Å². The van der Waals surface area contributed by atoms with Crippen LogP contribution in [0.2, 0.25) is 0 Å². The summed E-state index contributed by atoms with van der Waals surface area (Å²) in [5.41, 5.74) is 8.41. The van der Waals surface area contributed by atoms with Gasteiger partial charge >= 0.3 is 0 Å². The Kier molecular flexibility index (Phi) is 4.40. The van der Waals surface area contributed by atoms with Crippen LogP contribution in [0.4, 0.5) is 0 Å². The molecule has 102 valence electrons. The highest BCUT2D eigenvalue weighted by Crippen LogP contribution is 2.21. The average molecular weight is 251 g/mol. The van der Waals surface area contributed by atoms with Gasteiger partial charge in [-0.1, -0.05) is 6.92 Å². The Morgan fingerprint density at radius 2 is 2.22 bits per heavy atom. The summed E-state index contributed by atoms with van der Waals surface area (Å²) in [7, 11) is 0. The number of hydrogen-bond acceptors (Lipinski definition) is 3. The molecule has 0 spiro atoms. The number of fused-ring (bicyclic) bond motifs is 1. The van der Waals surface area contributed by atoms with Gasteiger partial charge in [-0.15, -0.1) is 0 Å². The van der Waals surface area contributed by atoms with Crippen molar-refractivity contribution < 1.29 is 5.11 Å². The third-order valence-corrected chi connectivity index (χ3v) is 4.20. The van der Waals surface area contributed by atoms with Crippen LogP contribution >= 0.6 is 0 Å². The zero-order valence-electron chi connectivity index (χ0n) is 11.4. The number of aromatic nitrogens is 2. The number of nitrogens with zero attached hydrogens (tertiary/aromatic N) is 2. The standard InChI is InChI=1S/C14H25N3O/c1-2-14(15,10-18)8-5-9-17-11-16-12-6-3-4-7-13(12)17/h11,18H,2-10,15H2,1H3. The second-order valence-corrected chi connectivity index (χ2v) is 5.52. The van der Waals surface area contributed by atoms with Crippen molar-refractivity contribution in [2.45, 2.75) is 64.0 Å². The predicted octanol–water partition coefficient (Wildman–Crippen LogP) is 1.64. The first-order valence-corrected chi connectivity index (χ1v) is 7.11. The highest BCUT2D eigenvalue weighted by atomic mass is 16.3. The van der Waals surface area contributed by atoms with E-state index in [1.165, 1.54) is 24.2 Å². The lowest BCUT2D eigenvalue weighted by atomic mass is 9.92. The molecule has 1 unspecified atom stereocenters. The minimum atomic E-state index is -0.402. The Morgan fingerprint density at radius 1 is 1.44 bits per heavy atom. The van der Waals surface area contributed by atoms with Crippen LogP contribution in [0, 0.1) is 0 Å². The first kappa shape index (κ1) is 13.6. The van der Waals surface area contributed by atoms with Crippen molar-refractivity contribution in [3.05, 3.63) is 17.7 Å². The summed E-state index contributed by atoms with van der Waals surface area (Å²) < 4.78 is 2.28. The van der Waals surface area contributed by atoms with Gasteiger partial charge in [0.05, 0.1) is 18.6 Å². The quantitative estimate of drug-likeness (QED) is 0.808. The van der Waals surface area contributed by atoms with E-state index in [1.807, 2.05) is 13.3 Å². The molecule has 4 heteroatoms. The molecule has 1 atom stereocenters. The van der Waals surface area contributed by atoms with E-state index in [2.05, 4.69) is 9.55 Å². The molecule has 18 heavy (non-hydrogen) atoms. The molecule has 4 nitrogen and oxygen atoms in total. The van der Waals surface area contributed by atoms with E-state index in [4.69, 9.17) is 5.73 Å². The second kappa shape index (κ2) is 5.85. The van der Waals surface area contributed by atoms with Crippen LogP contribution in [0.5, 0.6) is 0 Å². The zero-order chi connectivity index (χ0) is 13.0. The van der Waals surface area contributed by atoms with Gasteiger partial charge in [-0.2, -0.15) is 0 Å². The second-order valence-electron chi connectivity index (χ2n) is 5.52. The number of hydrogen-bond donors (Lipinski definition) is 2. The highest BCUT2D eigenvalue weighted by Gasteiger charge is 2.21. The molecular formula is C14H25N3O. The SMILES string of the molecule is CCC(N)(CO)CCCn1cnc2c1CCCC2. The Morgan fingerprint density at radius 3 is 2.94 bits per heavy atom. The maximum absolute atomic E-state index is 9.29. The van der Waals surface area contributed by atoms with Gasteiger partial charge < -0.3 is 15.4 Å².